The van der Waals surface area contributed by atoms with Crippen LogP contribution in [0.3, 0.4) is 0 Å². The topological polar surface area (TPSA) is 28.2 Å². The molecule has 0 radical (unpaired) electrons. The van der Waals surface area contributed by atoms with Crippen molar-refractivity contribution in [1.29, 1.82) is 0 Å². The number of hydrogen-bond acceptors (Lipinski definition) is 4. The van der Waals surface area contributed by atoms with E-state index in [0.29, 0.717) is 6.04 Å². The van der Waals surface area contributed by atoms with E-state index < -0.39 is 0 Å². The second-order valence-electron chi connectivity index (χ2n) is 5.56. The fourth-order valence-corrected chi connectivity index (χ4v) is 3.61. The molecular weight excluding hydrogens is 278 g/mol. The summed E-state index contributed by atoms with van der Waals surface area (Å²) in [6, 6.07) is 11.3. The van der Waals surface area contributed by atoms with E-state index >= 15 is 0 Å². The van der Waals surface area contributed by atoms with Crippen molar-refractivity contribution in [3.8, 4) is 0 Å². The minimum absolute atomic E-state index is 0.606. The number of aromatic nitrogens is 1. The van der Waals surface area contributed by atoms with Crippen molar-refractivity contribution >= 4 is 17.0 Å². The Hall–Kier alpha value is -1.39. The van der Waals surface area contributed by atoms with Crippen molar-refractivity contribution < 1.29 is 0 Å². The molecule has 0 spiro atoms. The van der Waals surface area contributed by atoms with Crippen molar-refractivity contribution in [3.63, 3.8) is 0 Å². The number of anilines is 1. The van der Waals surface area contributed by atoms with Crippen LogP contribution < -0.4 is 10.2 Å². The van der Waals surface area contributed by atoms with Crippen molar-refractivity contribution in [1.82, 2.24) is 10.3 Å². The van der Waals surface area contributed by atoms with Crippen molar-refractivity contribution in [3.05, 3.63) is 46.4 Å². The molecule has 1 aromatic carbocycles. The number of nitrogens with one attached hydrogen (secondary N) is 1. The normalized spacial score (nSPS) is 18.3. The van der Waals surface area contributed by atoms with E-state index in [-0.39, 0.29) is 0 Å². The van der Waals surface area contributed by atoms with Crippen LogP contribution in [0.25, 0.3) is 0 Å². The molecule has 1 aliphatic heterocycles. The zero-order valence-electron chi connectivity index (χ0n) is 12.6. The molecule has 1 aliphatic rings. The van der Waals surface area contributed by atoms with Crippen LogP contribution in [0.2, 0.25) is 0 Å². The maximum atomic E-state index is 4.62. The molecule has 3 rings (SSSR count). The molecular formula is C17H23N3S. The van der Waals surface area contributed by atoms with Gasteiger partial charge in [0.15, 0.2) is 0 Å². The van der Waals surface area contributed by atoms with Gasteiger partial charge in [-0.15, -0.1) is 11.3 Å². The Morgan fingerprint density at radius 3 is 2.95 bits per heavy atom. The first-order chi connectivity index (χ1) is 10.3. The highest BCUT2D eigenvalue weighted by molar-refractivity contribution is 7.09. The minimum Gasteiger partial charge on any atom is -0.370 e. The predicted octanol–water partition coefficient (Wildman–Crippen LogP) is 3.12. The first-order valence-corrected chi connectivity index (χ1v) is 8.70. The first kappa shape index (κ1) is 14.5. The molecule has 0 saturated carbocycles. The largest absolute Gasteiger partial charge is 0.370 e. The van der Waals surface area contributed by atoms with Crippen molar-refractivity contribution in [2.45, 2.75) is 32.2 Å². The van der Waals surface area contributed by atoms with E-state index in [1.54, 1.807) is 11.3 Å². The Morgan fingerprint density at radius 1 is 1.33 bits per heavy atom. The van der Waals surface area contributed by atoms with Crippen LogP contribution in [-0.2, 0) is 12.8 Å². The first-order valence-electron chi connectivity index (χ1n) is 7.82. The smallest absolute Gasteiger partial charge is 0.0925 e. The number of thiazole rings is 1. The van der Waals surface area contributed by atoms with E-state index in [1.165, 1.54) is 22.8 Å². The fraction of sp³-hybridized carbons (Fsp3) is 0.471. The van der Waals surface area contributed by atoms with Gasteiger partial charge in [-0.2, -0.15) is 0 Å². The molecule has 21 heavy (non-hydrogen) atoms. The van der Waals surface area contributed by atoms with Gasteiger partial charge < -0.3 is 10.2 Å². The molecule has 1 atom stereocenters. The van der Waals surface area contributed by atoms with Gasteiger partial charge in [-0.1, -0.05) is 25.1 Å². The predicted molar refractivity (Wildman–Crippen MR) is 90.3 cm³/mol. The summed E-state index contributed by atoms with van der Waals surface area (Å²) in [6.45, 7) is 5.46. The van der Waals surface area contributed by atoms with E-state index in [1.807, 2.05) is 0 Å². The van der Waals surface area contributed by atoms with E-state index in [4.69, 9.17) is 0 Å². The van der Waals surface area contributed by atoms with Crippen molar-refractivity contribution in [2.24, 2.45) is 0 Å². The summed E-state index contributed by atoms with van der Waals surface area (Å²) in [7, 11) is 0. The molecule has 0 aliphatic carbocycles. The molecule has 0 bridgehead atoms. The highest BCUT2D eigenvalue weighted by atomic mass is 32.1. The Bertz CT molecular complexity index is 552. The van der Waals surface area contributed by atoms with E-state index in [2.05, 4.69) is 57.8 Å². The van der Waals surface area contributed by atoms with Crippen molar-refractivity contribution in [2.75, 3.05) is 24.5 Å². The SMILES string of the molecule is CCc1nc(CCNC2CCN(c3ccccc3)C2)cs1. The molecule has 1 N–H and O–H groups in total. The summed E-state index contributed by atoms with van der Waals surface area (Å²) < 4.78 is 0. The highest BCUT2D eigenvalue weighted by Crippen LogP contribution is 2.19. The van der Waals surface area contributed by atoms with Crippen LogP contribution in [-0.4, -0.2) is 30.7 Å². The van der Waals surface area contributed by atoms with Crippen LogP contribution in [0.4, 0.5) is 5.69 Å². The summed E-state index contributed by atoms with van der Waals surface area (Å²) in [4.78, 5) is 7.09. The van der Waals surface area contributed by atoms with Gasteiger partial charge in [0.1, 0.15) is 0 Å². The molecule has 2 heterocycles. The second kappa shape index (κ2) is 7.05. The molecule has 3 nitrogen and oxygen atoms in total. The summed E-state index contributed by atoms with van der Waals surface area (Å²) in [5.74, 6) is 0. The summed E-state index contributed by atoms with van der Waals surface area (Å²) in [5.41, 5.74) is 2.58. The van der Waals surface area contributed by atoms with E-state index in [0.717, 1.165) is 32.5 Å². The monoisotopic (exact) mass is 301 g/mol. The molecule has 1 aromatic heterocycles. The highest BCUT2D eigenvalue weighted by Gasteiger charge is 2.21. The lowest BCUT2D eigenvalue weighted by Gasteiger charge is -2.18. The zero-order valence-corrected chi connectivity index (χ0v) is 13.4. The lowest BCUT2D eigenvalue weighted by Crippen LogP contribution is -2.33. The maximum Gasteiger partial charge on any atom is 0.0925 e. The Labute approximate surface area is 131 Å². The van der Waals surface area contributed by atoms with Gasteiger partial charge in [0, 0.05) is 43.2 Å². The Kier molecular flexibility index (Phi) is 4.88. The number of para-hydroxylation sites is 1. The van der Waals surface area contributed by atoms with Gasteiger partial charge >= 0.3 is 0 Å². The summed E-state index contributed by atoms with van der Waals surface area (Å²) >= 11 is 1.78. The Balaban J connectivity index is 1.43. The second-order valence-corrected chi connectivity index (χ2v) is 6.50. The average Bonchev–Trinajstić information content (AvgIpc) is 3.17. The minimum atomic E-state index is 0.606. The number of rotatable bonds is 6. The lowest BCUT2D eigenvalue weighted by molar-refractivity contribution is 0.552. The quantitative estimate of drug-likeness (QED) is 0.888. The van der Waals surface area contributed by atoms with Crippen LogP contribution in [0.1, 0.15) is 24.0 Å². The summed E-state index contributed by atoms with van der Waals surface area (Å²) in [6.07, 6.45) is 3.32. The number of aryl methyl sites for hydroxylation is 1. The maximum absolute atomic E-state index is 4.62. The molecule has 2 aromatic rings. The molecule has 1 saturated heterocycles. The molecule has 1 unspecified atom stereocenters. The molecule has 4 heteroatoms. The van der Waals surface area contributed by atoms with Crippen LogP contribution in [0.15, 0.2) is 35.7 Å². The van der Waals surface area contributed by atoms with Crippen LogP contribution >= 0.6 is 11.3 Å². The van der Waals surface area contributed by atoms with Gasteiger partial charge in [-0.3, -0.25) is 0 Å². The third kappa shape index (κ3) is 3.83. The van der Waals surface area contributed by atoms with Crippen LogP contribution in [0, 0.1) is 0 Å². The lowest BCUT2D eigenvalue weighted by atomic mass is 10.2. The third-order valence-corrected chi connectivity index (χ3v) is 5.07. The standard InChI is InChI=1S/C17H23N3S/c1-2-17-19-15(13-21-17)8-10-18-14-9-11-20(12-14)16-6-4-3-5-7-16/h3-7,13-14,18H,2,8-12H2,1H3. The van der Waals surface area contributed by atoms with Crippen LogP contribution in [0.5, 0.6) is 0 Å². The number of nitrogens with zero attached hydrogens (tertiary/aromatic N) is 2. The van der Waals surface area contributed by atoms with Gasteiger partial charge in [0.05, 0.1) is 10.7 Å². The summed E-state index contributed by atoms with van der Waals surface area (Å²) in [5, 5.41) is 7.13. The molecule has 1 fully saturated rings. The van der Waals surface area contributed by atoms with Gasteiger partial charge in [-0.05, 0) is 25.0 Å². The fourth-order valence-electron chi connectivity index (χ4n) is 2.83. The molecule has 112 valence electrons. The molecule has 0 amide bonds. The number of benzene rings is 1. The average molecular weight is 301 g/mol. The Morgan fingerprint density at radius 2 is 2.19 bits per heavy atom. The zero-order chi connectivity index (χ0) is 14.5. The van der Waals surface area contributed by atoms with Gasteiger partial charge in [0.25, 0.3) is 0 Å². The van der Waals surface area contributed by atoms with Gasteiger partial charge in [-0.25, -0.2) is 4.98 Å². The van der Waals surface area contributed by atoms with Gasteiger partial charge in [0.2, 0.25) is 0 Å². The van der Waals surface area contributed by atoms with E-state index in [9.17, 15) is 0 Å². The third-order valence-electron chi connectivity index (χ3n) is 4.03. The number of hydrogen-bond donors (Lipinski definition) is 1.